The Kier molecular flexibility index (Phi) is 11.6. The van der Waals surface area contributed by atoms with Crippen LogP contribution in [0.1, 0.15) is 16.7 Å². The number of halogens is 2. The maximum Gasteiger partial charge on any atom is 0.264 e. The van der Waals surface area contributed by atoms with E-state index in [2.05, 4.69) is 5.32 Å². The van der Waals surface area contributed by atoms with Crippen molar-refractivity contribution in [2.75, 3.05) is 32.1 Å². The lowest BCUT2D eigenvalue weighted by atomic mass is 10.0. The number of hydrogen-bond donors (Lipinski definition) is 1. The first kappa shape index (κ1) is 34.6. The summed E-state index contributed by atoms with van der Waals surface area (Å²) in [4.78, 5) is 29.1. The molecule has 0 bridgehead atoms. The Hall–Kier alpha value is -4.25. The molecule has 4 rings (SSSR count). The summed E-state index contributed by atoms with van der Waals surface area (Å²) in [7, 11) is -0.00817. The molecule has 242 valence electrons. The highest BCUT2D eigenvalue weighted by Gasteiger charge is 2.35. The maximum atomic E-state index is 14.5. The number of benzene rings is 4. The van der Waals surface area contributed by atoms with Gasteiger partial charge in [-0.1, -0.05) is 77.3 Å². The Labute approximate surface area is 279 Å². The molecule has 1 atom stereocenters. The van der Waals surface area contributed by atoms with Gasteiger partial charge >= 0.3 is 0 Å². The number of anilines is 1. The van der Waals surface area contributed by atoms with E-state index < -0.39 is 34.4 Å². The van der Waals surface area contributed by atoms with Crippen molar-refractivity contribution in [3.05, 3.63) is 118 Å². The Bertz CT molecular complexity index is 1790. The van der Waals surface area contributed by atoms with Gasteiger partial charge in [0.25, 0.3) is 10.0 Å². The monoisotopic (exact) mass is 683 g/mol. The number of ether oxygens (including phenoxy) is 2. The molecule has 0 aliphatic heterocycles. The van der Waals surface area contributed by atoms with Crippen molar-refractivity contribution in [3.8, 4) is 11.5 Å². The number of sulfonamides is 1. The molecule has 0 aromatic heterocycles. The van der Waals surface area contributed by atoms with Crippen LogP contribution in [0.15, 0.2) is 95.9 Å². The minimum atomic E-state index is -4.34. The van der Waals surface area contributed by atoms with Crippen LogP contribution in [0.4, 0.5) is 5.69 Å². The molecule has 4 aromatic carbocycles. The topological polar surface area (TPSA) is 105 Å². The minimum Gasteiger partial charge on any atom is -0.493 e. The highest BCUT2D eigenvalue weighted by molar-refractivity contribution is 7.92. The maximum absolute atomic E-state index is 14.5. The fourth-order valence-corrected chi connectivity index (χ4v) is 6.80. The fraction of sp³-hybridized carbons (Fsp3) is 0.235. The largest absolute Gasteiger partial charge is 0.493 e. The van der Waals surface area contributed by atoms with Crippen molar-refractivity contribution in [2.45, 2.75) is 30.8 Å². The molecule has 0 heterocycles. The zero-order chi connectivity index (χ0) is 33.4. The summed E-state index contributed by atoms with van der Waals surface area (Å²) in [6.07, 6.45) is 0.171. The second kappa shape index (κ2) is 15.4. The Morgan fingerprint density at radius 3 is 2.15 bits per heavy atom. The van der Waals surface area contributed by atoms with Gasteiger partial charge in [-0.3, -0.25) is 13.9 Å². The molecule has 0 aliphatic carbocycles. The van der Waals surface area contributed by atoms with E-state index in [4.69, 9.17) is 32.7 Å². The number of rotatable bonds is 13. The predicted octanol–water partition coefficient (Wildman–Crippen LogP) is 5.90. The van der Waals surface area contributed by atoms with Crippen molar-refractivity contribution in [1.82, 2.24) is 10.2 Å². The molecule has 9 nitrogen and oxygen atoms in total. The van der Waals surface area contributed by atoms with Gasteiger partial charge in [0.15, 0.2) is 11.5 Å². The Morgan fingerprint density at radius 1 is 0.870 bits per heavy atom. The van der Waals surface area contributed by atoms with Gasteiger partial charge in [-0.25, -0.2) is 8.42 Å². The normalized spacial score (nSPS) is 11.8. The summed E-state index contributed by atoms with van der Waals surface area (Å²) >= 11 is 12.7. The van der Waals surface area contributed by atoms with Crippen molar-refractivity contribution < 1.29 is 27.5 Å². The summed E-state index contributed by atoms with van der Waals surface area (Å²) in [5.74, 6) is -0.493. The van der Waals surface area contributed by atoms with Gasteiger partial charge in [0.2, 0.25) is 11.8 Å². The van der Waals surface area contributed by atoms with Crippen LogP contribution < -0.4 is 19.1 Å². The molecule has 1 N–H and O–H groups in total. The highest BCUT2D eigenvalue weighted by atomic mass is 35.5. The lowest BCUT2D eigenvalue weighted by Gasteiger charge is -2.34. The lowest BCUT2D eigenvalue weighted by molar-refractivity contribution is -0.139. The summed E-state index contributed by atoms with van der Waals surface area (Å²) in [5, 5.41) is 3.36. The second-order valence-corrected chi connectivity index (χ2v) is 13.1. The number of likely N-dealkylation sites (N-methyl/N-ethyl adjacent to an activating group) is 1. The van der Waals surface area contributed by atoms with Crippen LogP contribution in [0.3, 0.4) is 0 Å². The first-order valence-electron chi connectivity index (χ1n) is 14.3. The fourth-order valence-electron chi connectivity index (χ4n) is 4.90. The zero-order valence-corrected chi connectivity index (χ0v) is 28.2. The molecule has 46 heavy (non-hydrogen) atoms. The number of methoxy groups -OCH3 is 2. The quantitative estimate of drug-likeness (QED) is 0.188. The van der Waals surface area contributed by atoms with E-state index in [9.17, 15) is 18.0 Å². The number of nitrogens with one attached hydrogen (secondary N) is 1. The van der Waals surface area contributed by atoms with E-state index in [1.54, 1.807) is 42.5 Å². The summed E-state index contributed by atoms with van der Waals surface area (Å²) in [6.45, 7) is 1.17. The van der Waals surface area contributed by atoms with Crippen LogP contribution in [0.2, 0.25) is 10.0 Å². The molecule has 12 heteroatoms. The molecule has 2 amide bonds. The number of nitrogens with zero attached hydrogens (tertiary/aromatic N) is 2. The SMILES string of the molecule is CNC(=O)[C@@H](Cc1ccccc1)N(Cc1ccc(Cl)cc1Cl)C(=O)CN(c1ccc(C)cc1)S(=O)(=O)c1ccc(OC)c(OC)c1. The van der Waals surface area contributed by atoms with E-state index in [1.165, 1.54) is 44.4 Å². The summed E-state index contributed by atoms with van der Waals surface area (Å²) in [6, 6.07) is 24.1. The van der Waals surface area contributed by atoms with E-state index >= 15 is 0 Å². The molecule has 0 unspecified atom stereocenters. The second-order valence-electron chi connectivity index (χ2n) is 10.4. The van der Waals surface area contributed by atoms with E-state index in [1.807, 2.05) is 37.3 Å². The Balaban J connectivity index is 1.82. The van der Waals surface area contributed by atoms with Crippen molar-refractivity contribution in [3.63, 3.8) is 0 Å². The van der Waals surface area contributed by atoms with Gasteiger partial charge in [0.05, 0.1) is 24.8 Å². The van der Waals surface area contributed by atoms with Crippen LogP contribution >= 0.6 is 23.2 Å². The summed E-state index contributed by atoms with van der Waals surface area (Å²) in [5.41, 5.74) is 2.51. The number of hydrogen-bond acceptors (Lipinski definition) is 6. The molecule has 0 spiro atoms. The standard InChI is InChI=1S/C34H35Cl2N3O6S/c1-23-10-14-27(15-11-23)39(46(42,43)28-16-17-31(44-3)32(20-28)45-4)22-33(40)38(21-25-12-13-26(35)19-29(25)36)30(34(41)37-2)18-24-8-6-5-7-9-24/h5-17,19-20,30H,18,21-22H2,1-4H3,(H,37,41)/t30-/m1/s1. The van der Waals surface area contributed by atoms with Crippen molar-refractivity contribution in [2.24, 2.45) is 0 Å². The first-order valence-corrected chi connectivity index (χ1v) is 16.5. The number of aryl methyl sites for hydroxylation is 1. The smallest absolute Gasteiger partial charge is 0.264 e. The van der Waals surface area contributed by atoms with Gasteiger partial charge in [0.1, 0.15) is 12.6 Å². The average molecular weight is 685 g/mol. The van der Waals surface area contributed by atoms with Gasteiger partial charge < -0.3 is 19.7 Å². The van der Waals surface area contributed by atoms with E-state index in [0.29, 0.717) is 21.4 Å². The molecule has 0 fully saturated rings. The van der Waals surface area contributed by atoms with E-state index in [0.717, 1.165) is 15.4 Å². The minimum absolute atomic E-state index is 0.0854. The van der Waals surface area contributed by atoms with Crippen LogP contribution in [0.5, 0.6) is 11.5 Å². The molecule has 0 radical (unpaired) electrons. The van der Waals surface area contributed by atoms with Crippen LogP contribution in [0, 0.1) is 6.92 Å². The molecular formula is C34H35Cl2N3O6S. The van der Waals surface area contributed by atoms with Gasteiger partial charge in [-0.05, 0) is 54.4 Å². The van der Waals surface area contributed by atoms with Gasteiger partial charge in [-0.15, -0.1) is 0 Å². The van der Waals surface area contributed by atoms with E-state index in [-0.39, 0.29) is 29.3 Å². The first-order chi connectivity index (χ1) is 22.0. The molecule has 0 saturated heterocycles. The average Bonchev–Trinajstić information content (AvgIpc) is 3.06. The van der Waals surface area contributed by atoms with Gasteiger partial charge in [-0.2, -0.15) is 0 Å². The third kappa shape index (κ3) is 8.12. The third-order valence-corrected chi connectivity index (χ3v) is 9.77. The van der Waals surface area contributed by atoms with Crippen molar-refractivity contribution in [1.29, 1.82) is 0 Å². The number of carbonyl (C=O) groups excluding carboxylic acids is 2. The molecule has 0 aliphatic rings. The van der Waals surface area contributed by atoms with Crippen molar-refractivity contribution >= 4 is 50.7 Å². The zero-order valence-electron chi connectivity index (χ0n) is 25.9. The van der Waals surface area contributed by atoms with Crippen LogP contribution in [-0.2, 0) is 32.6 Å². The third-order valence-electron chi connectivity index (χ3n) is 7.42. The highest BCUT2D eigenvalue weighted by Crippen LogP contribution is 2.33. The number of amides is 2. The van der Waals surface area contributed by atoms with Crippen LogP contribution in [-0.4, -0.2) is 59.0 Å². The Morgan fingerprint density at radius 2 is 1.54 bits per heavy atom. The van der Waals surface area contributed by atoms with Gasteiger partial charge in [0, 0.05) is 36.1 Å². The predicted molar refractivity (Wildman–Crippen MR) is 180 cm³/mol. The molecular weight excluding hydrogens is 649 g/mol. The number of carbonyl (C=O) groups is 2. The lowest BCUT2D eigenvalue weighted by Crippen LogP contribution is -2.53. The summed E-state index contributed by atoms with van der Waals surface area (Å²) < 4.78 is 40.2. The molecule has 4 aromatic rings. The molecule has 0 saturated carbocycles. The van der Waals surface area contributed by atoms with Crippen LogP contribution in [0.25, 0.3) is 0 Å².